The lowest BCUT2D eigenvalue weighted by Gasteiger charge is -2.25. The number of thioether (sulfide) groups is 1. The Balaban J connectivity index is 1.69. The standard InChI is InChI=1S/C15H21N5O2S/c16-13(21)11-3-1-4-17-14(11)19-5-2-6-20(8-7-19)15(22)12-9-23-10-18-12/h1,3-4,12,18H,2,5-10H2,(H2,16,21). The van der Waals surface area contributed by atoms with Crippen molar-refractivity contribution in [1.29, 1.82) is 0 Å². The number of amides is 2. The second kappa shape index (κ2) is 7.18. The number of nitrogens with two attached hydrogens (primary N) is 1. The van der Waals surface area contributed by atoms with Gasteiger partial charge in [-0.15, -0.1) is 11.8 Å². The Morgan fingerprint density at radius 1 is 1.30 bits per heavy atom. The van der Waals surface area contributed by atoms with Crippen LogP contribution in [0.1, 0.15) is 16.8 Å². The molecule has 0 aromatic carbocycles. The highest BCUT2D eigenvalue weighted by atomic mass is 32.2. The van der Waals surface area contributed by atoms with Crippen LogP contribution in [-0.2, 0) is 4.79 Å². The van der Waals surface area contributed by atoms with Crippen molar-refractivity contribution in [3.63, 3.8) is 0 Å². The molecule has 7 nitrogen and oxygen atoms in total. The number of hydrogen-bond acceptors (Lipinski definition) is 6. The van der Waals surface area contributed by atoms with E-state index in [1.807, 2.05) is 9.80 Å². The first-order valence-corrected chi connectivity index (χ1v) is 8.92. The monoisotopic (exact) mass is 335 g/mol. The van der Waals surface area contributed by atoms with Crippen molar-refractivity contribution in [3.8, 4) is 0 Å². The summed E-state index contributed by atoms with van der Waals surface area (Å²) >= 11 is 1.75. The fourth-order valence-electron chi connectivity index (χ4n) is 2.97. The van der Waals surface area contributed by atoms with Gasteiger partial charge < -0.3 is 15.5 Å². The second-order valence-corrected chi connectivity index (χ2v) is 6.71. The fourth-order valence-corrected chi connectivity index (χ4v) is 3.90. The van der Waals surface area contributed by atoms with Gasteiger partial charge in [-0.25, -0.2) is 4.98 Å². The number of aromatic nitrogens is 1. The van der Waals surface area contributed by atoms with E-state index in [0.29, 0.717) is 24.5 Å². The first-order valence-electron chi connectivity index (χ1n) is 7.76. The van der Waals surface area contributed by atoms with Crippen LogP contribution in [0.15, 0.2) is 18.3 Å². The Kier molecular flexibility index (Phi) is 5.02. The van der Waals surface area contributed by atoms with Crippen LogP contribution in [0.2, 0.25) is 0 Å². The van der Waals surface area contributed by atoms with E-state index in [0.717, 1.165) is 31.1 Å². The summed E-state index contributed by atoms with van der Waals surface area (Å²) in [5.41, 5.74) is 5.87. The van der Waals surface area contributed by atoms with Crippen molar-refractivity contribution in [2.24, 2.45) is 5.73 Å². The molecule has 2 aliphatic rings. The third kappa shape index (κ3) is 3.59. The number of hydrogen-bond donors (Lipinski definition) is 2. The lowest BCUT2D eigenvalue weighted by Crippen LogP contribution is -2.46. The molecule has 0 radical (unpaired) electrons. The van der Waals surface area contributed by atoms with Gasteiger partial charge in [-0.3, -0.25) is 14.9 Å². The van der Waals surface area contributed by atoms with Crippen molar-refractivity contribution in [2.45, 2.75) is 12.5 Å². The molecular weight excluding hydrogens is 314 g/mol. The average Bonchev–Trinajstić information content (AvgIpc) is 2.99. The highest BCUT2D eigenvalue weighted by molar-refractivity contribution is 7.99. The fraction of sp³-hybridized carbons (Fsp3) is 0.533. The van der Waals surface area contributed by atoms with Gasteiger partial charge >= 0.3 is 0 Å². The van der Waals surface area contributed by atoms with Crippen LogP contribution in [0.4, 0.5) is 5.82 Å². The first kappa shape index (κ1) is 16.1. The molecule has 124 valence electrons. The van der Waals surface area contributed by atoms with Gasteiger partial charge in [0, 0.05) is 44.0 Å². The van der Waals surface area contributed by atoms with Gasteiger partial charge in [-0.1, -0.05) is 0 Å². The number of rotatable bonds is 3. The molecule has 2 aliphatic heterocycles. The van der Waals surface area contributed by atoms with E-state index >= 15 is 0 Å². The Morgan fingerprint density at radius 3 is 2.91 bits per heavy atom. The van der Waals surface area contributed by atoms with E-state index in [1.54, 1.807) is 30.1 Å². The Morgan fingerprint density at radius 2 is 2.17 bits per heavy atom. The molecule has 1 unspecified atom stereocenters. The predicted molar refractivity (Wildman–Crippen MR) is 90.4 cm³/mol. The number of nitrogens with one attached hydrogen (secondary N) is 1. The molecule has 2 fully saturated rings. The number of nitrogens with zero attached hydrogens (tertiary/aromatic N) is 3. The molecule has 2 amide bonds. The maximum atomic E-state index is 12.5. The molecule has 0 spiro atoms. The van der Waals surface area contributed by atoms with Crippen molar-refractivity contribution in [2.75, 3.05) is 42.7 Å². The van der Waals surface area contributed by atoms with E-state index in [-0.39, 0.29) is 11.9 Å². The van der Waals surface area contributed by atoms with Crippen LogP contribution in [0.25, 0.3) is 0 Å². The van der Waals surface area contributed by atoms with Crippen molar-refractivity contribution < 1.29 is 9.59 Å². The lowest BCUT2D eigenvalue weighted by molar-refractivity contribution is -0.132. The van der Waals surface area contributed by atoms with E-state index in [4.69, 9.17) is 5.73 Å². The van der Waals surface area contributed by atoms with Crippen LogP contribution >= 0.6 is 11.8 Å². The van der Waals surface area contributed by atoms with Crippen LogP contribution in [0.5, 0.6) is 0 Å². The predicted octanol–water partition coefficient (Wildman–Crippen LogP) is -0.118. The molecule has 3 N–H and O–H groups in total. The third-order valence-electron chi connectivity index (χ3n) is 4.17. The summed E-state index contributed by atoms with van der Waals surface area (Å²) in [6, 6.07) is 3.33. The molecule has 0 saturated carbocycles. The molecule has 2 saturated heterocycles. The summed E-state index contributed by atoms with van der Waals surface area (Å²) in [7, 11) is 0. The van der Waals surface area contributed by atoms with Crippen LogP contribution < -0.4 is 16.0 Å². The number of carbonyl (C=O) groups excluding carboxylic acids is 2. The zero-order valence-electron chi connectivity index (χ0n) is 12.9. The van der Waals surface area contributed by atoms with Crippen LogP contribution in [0, 0.1) is 0 Å². The minimum atomic E-state index is -0.475. The zero-order valence-corrected chi connectivity index (χ0v) is 13.7. The van der Waals surface area contributed by atoms with Gasteiger partial charge in [-0.2, -0.15) is 0 Å². The van der Waals surface area contributed by atoms with Crippen molar-refractivity contribution >= 4 is 29.4 Å². The summed E-state index contributed by atoms with van der Waals surface area (Å²) in [6.07, 6.45) is 2.51. The quantitative estimate of drug-likeness (QED) is 0.800. The molecule has 3 rings (SSSR count). The molecule has 1 aromatic rings. The molecule has 8 heteroatoms. The first-order chi connectivity index (χ1) is 11.2. The zero-order chi connectivity index (χ0) is 16.2. The molecule has 3 heterocycles. The van der Waals surface area contributed by atoms with Gasteiger partial charge in [0.1, 0.15) is 5.82 Å². The maximum Gasteiger partial charge on any atom is 0.252 e. The lowest BCUT2D eigenvalue weighted by atomic mass is 10.2. The molecule has 1 aromatic heterocycles. The summed E-state index contributed by atoms with van der Waals surface area (Å²) in [4.78, 5) is 32.4. The number of anilines is 1. The van der Waals surface area contributed by atoms with Gasteiger partial charge in [0.25, 0.3) is 5.91 Å². The normalized spacial score (nSPS) is 22.0. The highest BCUT2D eigenvalue weighted by Crippen LogP contribution is 2.19. The van der Waals surface area contributed by atoms with Gasteiger partial charge in [-0.05, 0) is 18.6 Å². The van der Waals surface area contributed by atoms with E-state index < -0.39 is 5.91 Å². The molecular formula is C15H21N5O2S. The van der Waals surface area contributed by atoms with Crippen LogP contribution in [0.3, 0.4) is 0 Å². The highest BCUT2D eigenvalue weighted by Gasteiger charge is 2.29. The molecule has 1 atom stereocenters. The topological polar surface area (TPSA) is 91.6 Å². The minimum absolute atomic E-state index is 0.0671. The van der Waals surface area contributed by atoms with Crippen LogP contribution in [-0.4, -0.2) is 65.5 Å². The van der Waals surface area contributed by atoms with E-state index in [2.05, 4.69) is 10.3 Å². The molecule has 0 aliphatic carbocycles. The van der Waals surface area contributed by atoms with Gasteiger partial charge in [0.2, 0.25) is 5.91 Å². The van der Waals surface area contributed by atoms with Crippen molar-refractivity contribution in [3.05, 3.63) is 23.9 Å². The summed E-state index contributed by atoms with van der Waals surface area (Å²) < 4.78 is 0. The largest absolute Gasteiger partial charge is 0.365 e. The SMILES string of the molecule is NC(=O)c1cccnc1N1CCCN(C(=O)C2CSCN2)CC1. The van der Waals surface area contributed by atoms with Gasteiger partial charge in [0.05, 0.1) is 11.6 Å². The minimum Gasteiger partial charge on any atom is -0.365 e. The van der Waals surface area contributed by atoms with Gasteiger partial charge in [0.15, 0.2) is 0 Å². The second-order valence-electron chi connectivity index (χ2n) is 5.68. The summed E-state index contributed by atoms with van der Waals surface area (Å²) in [5.74, 6) is 1.99. The summed E-state index contributed by atoms with van der Waals surface area (Å²) in [6.45, 7) is 2.78. The van der Waals surface area contributed by atoms with Crippen molar-refractivity contribution in [1.82, 2.24) is 15.2 Å². The smallest absolute Gasteiger partial charge is 0.252 e. The Hall–Kier alpha value is -1.80. The summed E-state index contributed by atoms with van der Waals surface area (Å²) in [5, 5.41) is 3.23. The van der Waals surface area contributed by atoms with E-state index in [9.17, 15) is 9.59 Å². The number of pyridine rings is 1. The molecule has 0 bridgehead atoms. The number of carbonyl (C=O) groups is 2. The third-order valence-corrected chi connectivity index (χ3v) is 5.11. The molecule has 23 heavy (non-hydrogen) atoms. The Bertz CT molecular complexity index is 591. The van der Waals surface area contributed by atoms with E-state index in [1.165, 1.54) is 0 Å². The Labute approximate surface area is 139 Å². The average molecular weight is 335 g/mol. The maximum absolute atomic E-state index is 12.5. The number of primary amides is 1.